The highest BCUT2D eigenvalue weighted by atomic mass is 16.5. The third-order valence-corrected chi connectivity index (χ3v) is 5.85. The number of aromatic nitrogens is 1. The van der Waals surface area contributed by atoms with E-state index in [4.69, 9.17) is 10.3 Å². The van der Waals surface area contributed by atoms with Gasteiger partial charge < -0.3 is 20.5 Å². The first-order valence-electron chi connectivity index (χ1n) is 10.5. The number of piperidine rings is 1. The van der Waals surface area contributed by atoms with E-state index in [-0.39, 0.29) is 23.8 Å². The van der Waals surface area contributed by atoms with Crippen LogP contribution in [0.3, 0.4) is 0 Å². The Balaban J connectivity index is 1.47. The Morgan fingerprint density at radius 2 is 2.00 bits per heavy atom. The molecule has 2 amide bonds. The van der Waals surface area contributed by atoms with Crippen LogP contribution in [0.15, 0.2) is 40.9 Å². The van der Waals surface area contributed by atoms with Crippen molar-refractivity contribution in [3.05, 3.63) is 53.4 Å². The second-order valence-corrected chi connectivity index (χ2v) is 8.01. The van der Waals surface area contributed by atoms with Crippen LogP contribution in [-0.4, -0.2) is 47.5 Å². The van der Waals surface area contributed by atoms with Crippen molar-refractivity contribution < 1.29 is 14.1 Å². The normalized spacial score (nSPS) is 21.8. The first kappa shape index (κ1) is 19.6. The van der Waals surface area contributed by atoms with Crippen molar-refractivity contribution in [2.24, 2.45) is 5.73 Å². The molecule has 1 aromatic heterocycles. The molecule has 3 N–H and O–H groups in total. The molecule has 2 atom stereocenters. The summed E-state index contributed by atoms with van der Waals surface area (Å²) in [5.74, 6) is 1.17. The summed E-state index contributed by atoms with van der Waals surface area (Å²) in [6.45, 7) is 1.73. The van der Waals surface area contributed by atoms with Gasteiger partial charge in [-0.1, -0.05) is 35.5 Å². The number of hydrogen-bond donors (Lipinski definition) is 2. The molecule has 2 aliphatic rings. The summed E-state index contributed by atoms with van der Waals surface area (Å²) in [5.41, 5.74) is 7.00. The molecular weight excluding hydrogens is 368 g/mol. The minimum Gasteiger partial charge on any atom is -0.360 e. The predicted octanol–water partition coefficient (Wildman–Crippen LogP) is 2.41. The summed E-state index contributed by atoms with van der Waals surface area (Å²) in [5, 5.41) is 7.09. The van der Waals surface area contributed by atoms with Crippen LogP contribution in [0.25, 0.3) is 0 Å². The van der Waals surface area contributed by atoms with Crippen LogP contribution in [0.2, 0.25) is 0 Å². The Kier molecular flexibility index (Phi) is 5.94. The maximum atomic E-state index is 12.8. The maximum Gasteiger partial charge on any atom is 0.273 e. The molecule has 29 heavy (non-hydrogen) atoms. The molecule has 0 radical (unpaired) electrons. The van der Waals surface area contributed by atoms with Gasteiger partial charge in [-0.05, 0) is 37.8 Å². The van der Waals surface area contributed by atoms with E-state index in [1.807, 2.05) is 23.1 Å². The molecule has 4 rings (SSSR count). The van der Waals surface area contributed by atoms with Crippen molar-refractivity contribution in [2.75, 3.05) is 19.6 Å². The predicted molar refractivity (Wildman–Crippen MR) is 108 cm³/mol. The Morgan fingerprint density at radius 1 is 1.21 bits per heavy atom. The third kappa shape index (κ3) is 4.67. The molecule has 1 unspecified atom stereocenters. The average Bonchev–Trinajstić information content (AvgIpc) is 3.49. The van der Waals surface area contributed by atoms with Gasteiger partial charge in [0.1, 0.15) is 5.76 Å². The molecule has 154 valence electrons. The fourth-order valence-electron chi connectivity index (χ4n) is 4.00. The van der Waals surface area contributed by atoms with Gasteiger partial charge in [-0.25, -0.2) is 0 Å². The number of nitrogens with zero attached hydrogens (tertiary/aromatic N) is 2. The number of hydrogen-bond acceptors (Lipinski definition) is 5. The van der Waals surface area contributed by atoms with Crippen molar-refractivity contribution in [1.29, 1.82) is 0 Å². The summed E-state index contributed by atoms with van der Waals surface area (Å²) in [6.07, 6.45) is 4.07. The van der Waals surface area contributed by atoms with Crippen LogP contribution in [0.4, 0.5) is 0 Å². The summed E-state index contributed by atoms with van der Waals surface area (Å²) in [7, 11) is 0. The zero-order valence-corrected chi connectivity index (χ0v) is 16.5. The van der Waals surface area contributed by atoms with Gasteiger partial charge in [0, 0.05) is 43.5 Å². The molecule has 1 aromatic carbocycles. The van der Waals surface area contributed by atoms with E-state index in [9.17, 15) is 9.59 Å². The van der Waals surface area contributed by atoms with E-state index in [1.165, 1.54) is 0 Å². The number of likely N-dealkylation sites (tertiary alicyclic amines) is 1. The van der Waals surface area contributed by atoms with E-state index in [0.717, 1.165) is 24.2 Å². The molecule has 2 fully saturated rings. The van der Waals surface area contributed by atoms with Gasteiger partial charge >= 0.3 is 0 Å². The highest BCUT2D eigenvalue weighted by molar-refractivity contribution is 5.92. The third-order valence-electron chi connectivity index (χ3n) is 5.85. The molecule has 1 aliphatic heterocycles. The summed E-state index contributed by atoms with van der Waals surface area (Å²) in [6, 6.07) is 11.8. The summed E-state index contributed by atoms with van der Waals surface area (Å²) in [4.78, 5) is 27.2. The van der Waals surface area contributed by atoms with Gasteiger partial charge in [0.2, 0.25) is 5.91 Å². The number of carbonyl (C=O) groups is 2. The van der Waals surface area contributed by atoms with Gasteiger partial charge in [0.15, 0.2) is 5.69 Å². The van der Waals surface area contributed by atoms with Gasteiger partial charge in [-0.3, -0.25) is 9.59 Å². The minimum absolute atomic E-state index is 0.0329. The molecule has 1 saturated carbocycles. The molecule has 1 saturated heterocycles. The number of rotatable bonds is 7. The van der Waals surface area contributed by atoms with Gasteiger partial charge in [-0.2, -0.15) is 0 Å². The highest BCUT2D eigenvalue weighted by Crippen LogP contribution is 2.40. The Bertz CT molecular complexity index is 847. The number of benzene rings is 1. The zero-order valence-electron chi connectivity index (χ0n) is 16.5. The van der Waals surface area contributed by atoms with Crippen LogP contribution in [-0.2, 0) is 4.79 Å². The lowest BCUT2D eigenvalue weighted by Gasteiger charge is -2.39. The Hall–Kier alpha value is -2.67. The molecule has 2 heterocycles. The van der Waals surface area contributed by atoms with E-state index < -0.39 is 0 Å². The lowest BCUT2D eigenvalue weighted by Crippen LogP contribution is -2.51. The standard InChI is InChI=1S/C22H28N4O3/c23-11-4-7-21(27)26-12-10-18(17(14-26)15-5-2-1-3-6-15)24-22(28)19-13-20(29-25-19)16-8-9-16/h1-3,5-6,13,16-18H,4,7-12,14,23H2,(H,24,28)/t17?,18-/m1/s1. The molecule has 1 aliphatic carbocycles. The lowest BCUT2D eigenvalue weighted by atomic mass is 9.85. The van der Waals surface area contributed by atoms with Gasteiger partial charge in [0.25, 0.3) is 5.91 Å². The van der Waals surface area contributed by atoms with Crippen molar-refractivity contribution in [1.82, 2.24) is 15.4 Å². The van der Waals surface area contributed by atoms with E-state index in [0.29, 0.717) is 50.5 Å². The fraction of sp³-hybridized carbons (Fsp3) is 0.500. The van der Waals surface area contributed by atoms with Crippen molar-refractivity contribution in [3.8, 4) is 0 Å². The molecular formula is C22H28N4O3. The van der Waals surface area contributed by atoms with Crippen LogP contribution >= 0.6 is 0 Å². The molecule has 0 bridgehead atoms. The monoisotopic (exact) mass is 396 g/mol. The highest BCUT2D eigenvalue weighted by Gasteiger charge is 2.34. The number of nitrogens with one attached hydrogen (secondary N) is 1. The van der Waals surface area contributed by atoms with Crippen molar-refractivity contribution in [3.63, 3.8) is 0 Å². The molecule has 7 nitrogen and oxygen atoms in total. The van der Waals surface area contributed by atoms with Crippen LogP contribution in [0.5, 0.6) is 0 Å². The molecule has 0 spiro atoms. The number of carbonyl (C=O) groups excluding carboxylic acids is 2. The van der Waals surface area contributed by atoms with Crippen molar-refractivity contribution in [2.45, 2.75) is 50.0 Å². The van der Waals surface area contributed by atoms with E-state index in [1.54, 1.807) is 6.07 Å². The SMILES string of the molecule is NCCCC(=O)N1CC[C@@H](NC(=O)c2cc(C3CC3)on2)C(c2ccccc2)C1. The van der Waals surface area contributed by atoms with Gasteiger partial charge in [-0.15, -0.1) is 0 Å². The average molecular weight is 396 g/mol. The molecule has 7 heteroatoms. The van der Waals surface area contributed by atoms with E-state index >= 15 is 0 Å². The smallest absolute Gasteiger partial charge is 0.273 e. The van der Waals surface area contributed by atoms with E-state index in [2.05, 4.69) is 22.6 Å². The summed E-state index contributed by atoms with van der Waals surface area (Å²) < 4.78 is 5.32. The van der Waals surface area contributed by atoms with Crippen LogP contribution < -0.4 is 11.1 Å². The first-order valence-corrected chi connectivity index (χ1v) is 10.5. The van der Waals surface area contributed by atoms with Gasteiger partial charge in [0.05, 0.1) is 0 Å². The topological polar surface area (TPSA) is 101 Å². The van der Waals surface area contributed by atoms with Crippen molar-refractivity contribution >= 4 is 11.8 Å². The maximum absolute atomic E-state index is 12.8. The van der Waals surface area contributed by atoms with Crippen LogP contribution in [0.1, 0.15) is 65.8 Å². The largest absolute Gasteiger partial charge is 0.360 e. The Labute approximate surface area is 170 Å². The minimum atomic E-state index is -0.213. The Morgan fingerprint density at radius 3 is 2.72 bits per heavy atom. The quantitative estimate of drug-likeness (QED) is 0.748. The number of amides is 2. The first-order chi connectivity index (χ1) is 14.2. The zero-order chi connectivity index (χ0) is 20.2. The number of nitrogens with two attached hydrogens (primary N) is 1. The molecule has 2 aromatic rings. The summed E-state index contributed by atoms with van der Waals surface area (Å²) >= 11 is 0. The second-order valence-electron chi connectivity index (χ2n) is 8.01. The lowest BCUT2D eigenvalue weighted by molar-refractivity contribution is -0.132. The fourth-order valence-corrected chi connectivity index (χ4v) is 4.00. The second kappa shape index (κ2) is 8.78. The van der Waals surface area contributed by atoms with Crippen LogP contribution in [0, 0.1) is 0 Å².